The zero-order valence-corrected chi connectivity index (χ0v) is 16.8. The Bertz CT molecular complexity index is 1280. The molecule has 0 saturated heterocycles. The molecule has 150 valence electrons. The number of aryl methyl sites for hydroxylation is 2. The molecule has 30 heavy (non-hydrogen) atoms. The van der Waals surface area contributed by atoms with Crippen molar-refractivity contribution in [3.63, 3.8) is 0 Å². The van der Waals surface area contributed by atoms with Crippen molar-refractivity contribution in [3.05, 3.63) is 105 Å². The van der Waals surface area contributed by atoms with E-state index in [0.717, 1.165) is 22.2 Å². The normalized spacial score (nSPS) is 10.7. The Hall–Kier alpha value is -3.86. The first-order chi connectivity index (χ1) is 14.5. The van der Waals surface area contributed by atoms with Crippen LogP contribution < -0.4 is 10.9 Å². The van der Waals surface area contributed by atoms with Crippen molar-refractivity contribution in [2.24, 2.45) is 0 Å². The van der Waals surface area contributed by atoms with Gasteiger partial charge in [-0.05, 0) is 49.2 Å². The molecule has 0 fully saturated rings. The highest BCUT2D eigenvalue weighted by atomic mass is 16.5. The van der Waals surface area contributed by atoms with E-state index in [0.29, 0.717) is 22.4 Å². The van der Waals surface area contributed by atoms with Crippen molar-refractivity contribution in [1.82, 2.24) is 0 Å². The lowest BCUT2D eigenvalue weighted by atomic mass is 10.0. The molecular weight excluding hydrogens is 378 g/mol. The Kier molecular flexibility index (Phi) is 5.35. The molecule has 4 rings (SSSR count). The second-order valence-corrected chi connectivity index (χ2v) is 7.09. The van der Waals surface area contributed by atoms with Gasteiger partial charge in [0.1, 0.15) is 12.2 Å². The highest BCUT2D eigenvalue weighted by Crippen LogP contribution is 2.25. The van der Waals surface area contributed by atoms with Gasteiger partial charge in [-0.3, -0.25) is 0 Å². The van der Waals surface area contributed by atoms with E-state index in [2.05, 4.69) is 5.32 Å². The van der Waals surface area contributed by atoms with Crippen LogP contribution in [0.4, 0.5) is 11.4 Å². The quantitative estimate of drug-likeness (QED) is 0.354. The SMILES string of the molecule is Cc1ccc2c(COC(=O)c3ccccc3Nc3ccccc3)cc(=O)oc2c1C. The molecule has 0 amide bonds. The first-order valence-electron chi connectivity index (χ1n) is 9.64. The summed E-state index contributed by atoms with van der Waals surface area (Å²) in [6.45, 7) is 3.84. The average Bonchev–Trinajstić information content (AvgIpc) is 2.76. The number of para-hydroxylation sites is 2. The minimum Gasteiger partial charge on any atom is -0.457 e. The van der Waals surface area contributed by atoms with Gasteiger partial charge in [-0.25, -0.2) is 9.59 Å². The molecule has 0 bridgehead atoms. The van der Waals surface area contributed by atoms with Crippen LogP contribution in [0.2, 0.25) is 0 Å². The smallest absolute Gasteiger partial charge is 0.340 e. The van der Waals surface area contributed by atoms with Crippen LogP contribution in [0.1, 0.15) is 27.0 Å². The molecule has 0 aliphatic heterocycles. The molecule has 4 aromatic rings. The van der Waals surface area contributed by atoms with Gasteiger partial charge in [0.15, 0.2) is 0 Å². The molecule has 0 spiro atoms. The van der Waals surface area contributed by atoms with Crippen LogP contribution in [-0.2, 0) is 11.3 Å². The fourth-order valence-electron chi connectivity index (χ4n) is 3.31. The molecule has 1 heterocycles. The summed E-state index contributed by atoms with van der Waals surface area (Å²) < 4.78 is 11.0. The molecule has 0 atom stereocenters. The number of esters is 1. The molecule has 1 aromatic heterocycles. The summed E-state index contributed by atoms with van der Waals surface area (Å²) in [6, 6.07) is 22.0. The third-order valence-corrected chi connectivity index (χ3v) is 5.08. The van der Waals surface area contributed by atoms with Gasteiger partial charge in [0.2, 0.25) is 0 Å². The Balaban J connectivity index is 1.59. The number of carbonyl (C=O) groups excluding carboxylic acids is 1. The number of anilines is 2. The van der Waals surface area contributed by atoms with Crippen LogP contribution in [0.25, 0.3) is 11.0 Å². The van der Waals surface area contributed by atoms with Crippen LogP contribution in [0.3, 0.4) is 0 Å². The van der Waals surface area contributed by atoms with Gasteiger partial charge in [0.05, 0.1) is 11.3 Å². The van der Waals surface area contributed by atoms with Gasteiger partial charge in [-0.1, -0.05) is 42.5 Å². The first kappa shape index (κ1) is 19.5. The third kappa shape index (κ3) is 3.96. The molecule has 0 saturated carbocycles. The van der Waals surface area contributed by atoms with Crippen molar-refractivity contribution in [3.8, 4) is 0 Å². The number of carbonyl (C=O) groups is 1. The van der Waals surface area contributed by atoms with Crippen molar-refractivity contribution in [1.29, 1.82) is 0 Å². The van der Waals surface area contributed by atoms with E-state index in [9.17, 15) is 9.59 Å². The molecule has 5 heteroatoms. The zero-order valence-electron chi connectivity index (χ0n) is 16.8. The van der Waals surface area contributed by atoms with Gasteiger partial charge >= 0.3 is 11.6 Å². The molecule has 3 aromatic carbocycles. The largest absolute Gasteiger partial charge is 0.457 e. The van der Waals surface area contributed by atoms with E-state index in [1.54, 1.807) is 12.1 Å². The van der Waals surface area contributed by atoms with Crippen molar-refractivity contribution < 1.29 is 13.9 Å². The van der Waals surface area contributed by atoms with Crippen LogP contribution >= 0.6 is 0 Å². The minimum atomic E-state index is -0.473. The van der Waals surface area contributed by atoms with E-state index in [4.69, 9.17) is 9.15 Å². The van der Waals surface area contributed by atoms with Crippen LogP contribution in [0.15, 0.2) is 82.0 Å². The number of rotatable bonds is 5. The van der Waals surface area contributed by atoms with E-state index in [1.807, 2.05) is 68.4 Å². The number of hydrogen-bond acceptors (Lipinski definition) is 5. The summed E-state index contributed by atoms with van der Waals surface area (Å²) in [5, 5.41) is 4.00. The van der Waals surface area contributed by atoms with Gasteiger partial charge in [-0.15, -0.1) is 0 Å². The number of fused-ring (bicyclic) bond motifs is 1. The van der Waals surface area contributed by atoms with Gasteiger partial charge in [-0.2, -0.15) is 0 Å². The number of benzene rings is 3. The number of nitrogens with one attached hydrogen (secondary N) is 1. The standard InChI is InChI=1S/C25H21NO4/c1-16-12-13-20-18(14-23(27)30-24(20)17(16)2)15-29-25(28)21-10-6-7-11-22(21)26-19-8-4-3-5-9-19/h3-14,26H,15H2,1-2H3. The summed E-state index contributed by atoms with van der Waals surface area (Å²) in [5.74, 6) is -0.473. The van der Waals surface area contributed by atoms with Crippen LogP contribution in [-0.4, -0.2) is 5.97 Å². The Labute approximate surface area is 173 Å². The Morgan fingerprint density at radius 1 is 0.967 bits per heavy atom. The predicted octanol–water partition coefficient (Wildman–Crippen LogP) is 5.51. The molecule has 1 N–H and O–H groups in total. The second kappa shape index (κ2) is 8.25. The molecule has 0 unspecified atom stereocenters. The maximum Gasteiger partial charge on any atom is 0.340 e. The Morgan fingerprint density at radius 2 is 1.70 bits per heavy atom. The van der Waals surface area contributed by atoms with Gasteiger partial charge < -0.3 is 14.5 Å². The molecule has 0 aliphatic rings. The fraction of sp³-hybridized carbons (Fsp3) is 0.120. The molecule has 0 aliphatic carbocycles. The molecule has 0 radical (unpaired) electrons. The predicted molar refractivity (Wildman–Crippen MR) is 117 cm³/mol. The summed E-state index contributed by atoms with van der Waals surface area (Å²) in [6.07, 6.45) is 0. The monoisotopic (exact) mass is 399 g/mol. The van der Waals surface area contributed by atoms with Crippen molar-refractivity contribution in [2.45, 2.75) is 20.5 Å². The lowest BCUT2D eigenvalue weighted by Crippen LogP contribution is -2.10. The summed E-state index contributed by atoms with van der Waals surface area (Å²) in [4.78, 5) is 24.8. The van der Waals surface area contributed by atoms with E-state index in [-0.39, 0.29) is 6.61 Å². The van der Waals surface area contributed by atoms with E-state index < -0.39 is 11.6 Å². The van der Waals surface area contributed by atoms with Crippen molar-refractivity contribution >= 4 is 28.3 Å². The van der Waals surface area contributed by atoms with Gasteiger partial charge in [0, 0.05) is 22.7 Å². The topological polar surface area (TPSA) is 68.5 Å². The van der Waals surface area contributed by atoms with Crippen molar-refractivity contribution in [2.75, 3.05) is 5.32 Å². The van der Waals surface area contributed by atoms with E-state index in [1.165, 1.54) is 6.07 Å². The molecular formula is C25H21NO4. The maximum atomic E-state index is 12.8. The zero-order chi connectivity index (χ0) is 21.1. The summed E-state index contributed by atoms with van der Waals surface area (Å²) >= 11 is 0. The average molecular weight is 399 g/mol. The summed E-state index contributed by atoms with van der Waals surface area (Å²) in [7, 11) is 0. The Morgan fingerprint density at radius 3 is 2.50 bits per heavy atom. The van der Waals surface area contributed by atoms with Gasteiger partial charge in [0.25, 0.3) is 0 Å². The minimum absolute atomic E-state index is 0.0247. The highest BCUT2D eigenvalue weighted by Gasteiger charge is 2.15. The lowest BCUT2D eigenvalue weighted by molar-refractivity contribution is 0.0475. The highest BCUT2D eigenvalue weighted by molar-refractivity contribution is 5.96. The number of ether oxygens (including phenoxy) is 1. The lowest BCUT2D eigenvalue weighted by Gasteiger charge is -2.13. The second-order valence-electron chi connectivity index (χ2n) is 7.09. The first-order valence-corrected chi connectivity index (χ1v) is 9.64. The van der Waals surface area contributed by atoms with E-state index >= 15 is 0 Å². The summed E-state index contributed by atoms with van der Waals surface area (Å²) in [5.41, 5.74) is 4.55. The number of hydrogen-bond donors (Lipinski definition) is 1. The molecule has 5 nitrogen and oxygen atoms in total. The van der Waals surface area contributed by atoms with Crippen LogP contribution in [0, 0.1) is 13.8 Å². The van der Waals surface area contributed by atoms with Crippen LogP contribution in [0.5, 0.6) is 0 Å². The third-order valence-electron chi connectivity index (χ3n) is 5.08. The fourth-order valence-corrected chi connectivity index (χ4v) is 3.31. The maximum absolute atomic E-state index is 12.8.